The number of nitrogens with one attached hydrogen (secondary N) is 1. The molecular formula is C23H22N4O5S. The molecule has 0 spiro atoms. The average molecular weight is 467 g/mol. The minimum absolute atomic E-state index is 0.00349. The first-order valence-electron chi connectivity index (χ1n) is 10.5. The molecular weight excluding hydrogens is 444 g/mol. The van der Waals surface area contributed by atoms with Gasteiger partial charge >= 0.3 is 5.69 Å². The van der Waals surface area contributed by atoms with E-state index in [2.05, 4.69) is 10.3 Å². The normalized spacial score (nSPS) is 15.7. The van der Waals surface area contributed by atoms with Crippen LogP contribution in [0.5, 0.6) is 0 Å². The van der Waals surface area contributed by atoms with Crippen LogP contribution in [0, 0.1) is 0 Å². The third kappa shape index (κ3) is 4.95. The lowest BCUT2D eigenvalue weighted by Crippen LogP contribution is -2.40. The Bertz CT molecular complexity index is 1360. The van der Waals surface area contributed by atoms with Gasteiger partial charge in [-0.05, 0) is 43.0 Å². The molecule has 33 heavy (non-hydrogen) atoms. The van der Waals surface area contributed by atoms with Crippen LogP contribution in [0.2, 0.25) is 0 Å². The first-order chi connectivity index (χ1) is 15.8. The molecule has 0 radical (unpaired) electrons. The van der Waals surface area contributed by atoms with E-state index in [1.54, 1.807) is 12.1 Å². The zero-order chi connectivity index (χ0) is 23.5. The molecule has 0 saturated carbocycles. The van der Waals surface area contributed by atoms with Crippen molar-refractivity contribution in [2.45, 2.75) is 44.5 Å². The van der Waals surface area contributed by atoms with Gasteiger partial charge in [-0.1, -0.05) is 36.0 Å². The van der Waals surface area contributed by atoms with Crippen LogP contribution in [0.3, 0.4) is 0 Å². The number of amides is 2. The largest absolute Gasteiger partial charge is 0.332 e. The van der Waals surface area contributed by atoms with Crippen molar-refractivity contribution in [3.05, 3.63) is 74.6 Å². The van der Waals surface area contributed by atoms with E-state index in [0.29, 0.717) is 30.3 Å². The Labute approximate surface area is 192 Å². The average Bonchev–Trinajstić information content (AvgIpc) is 3.11. The predicted octanol–water partition coefficient (Wildman–Crippen LogP) is 1.87. The molecule has 10 heteroatoms. The Kier molecular flexibility index (Phi) is 6.55. The van der Waals surface area contributed by atoms with Gasteiger partial charge in [0.1, 0.15) is 11.4 Å². The summed E-state index contributed by atoms with van der Waals surface area (Å²) in [6, 6.07) is 10.7. The lowest BCUT2D eigenvalue weighted by molar-refractivity contribution is -0.119. The van der Waals surface area contributed by atoms with E-state index in [1.807, 2.05) is 24.3 Å². The summed E-state index contributed by atoms with van der Waals surface area (Å²) < 4.78 is 2.62. The molecule has 1 aromatic carbocycles. The fourth-order valence-electron chi connectivity index (χ4n) is 3.78. The first kappa shape index (κ1) is 22.7. The van der Waals surface area contributed by atoms with Crippen molar-refractivity contribution in [2.75, 3.05) is 0 Å². The van der Waals surface area contributed by atoms with Crippen LogP contribution in [0.15, 0.2) is 52.2 Å². The fourth-order valence-corrected chi connectivity index (χ4v) is 4.64. The molecule has 1 unspecified atom stereocenters. The summed E-state index contributed by atoms with van der Waals surface area (Å²) in [5.74, 6) is -0.283. The molecule has 3 heterocycles. The molecule has 0 aliphatic carbocycles. The molecule has 1 atom stereocenters. The number of fused-ring (bicyclic) bond motifs is 1. The number of carbonyl (C=O) groups excluding carboxylic acids is 3. The van der Waals surface area contributed by atoms with E-state index in [-0.39, 0.29) is 30.0 Å². The second-order valence-electron chi connectivity index (χ2n) is 7.91. The standard InChI is InChI=1S/C23H22N4O5S/c1-14(28)4-3-11-26-21(30)17-5-2-10-24-19(17)27(23(26)32)13-16-8-6-15(7-9-16)12-18-20(29)25-22(31)33-18/h2,5-10,18H,3-4,11-13H2,1H3,(H,25,29,31). The predicted molar refractivity (Wildman–Crippen MR) is 124 cm³/mol. The van der Waals surface area contributed by atoms with Crippen molar-refractivity contribution in [1.82, 2.24) is 19.4 Å². The Hall–Kier alpha value is -3.53. The second kappa shape index (κ2) is 9.53. The number of benzene rings is 1. The van der Waals surface area contributed by atoms with Gasteiger partial charge in [-0.3, -0.25) is 28.8 Å². The summed E-state index contributed by atoms with van der Waals surface area (Å²) in [5, 5.41) is 1.84. The number of hydrogen-bond donors (Lipinski definition) is 1. The quantitative estimate of drug-likeness (QED) is 0.538. The molecule has 1 fully saturated rings. The van der Waals surface area contributed by atoms with Crippen molar-refractivity contribution < 1.29 is 14.4 Å². The Morgan fingerprint density at radius 2 is 1.79 bits per heavy atom. The number of Topliss-reactive ketones (excluding diaryl/α,β-unsaturated/α-hetero) is 1. The number of thioether (sulfide) groups is 1. The Balaban J connectivity index is 1.62. The molecule has 3 aromatic rings. The van der Waals surface area contributed by atoms with E-state index in [1.165, 1.54) is 17.7 Å². The number of nitrogens with zero attached hydrogens (tertiary/aromatic N) is 3. The molecule has 1 aliphatic rings. The molecule has 1 saturated heterocycles. The van der Waals surface area contributed by atoms with Gasteiger partial charge in [0.15, 0.2) is 0 Å². The highest BCUT2D eigenvalue weighted by Crippen LogP contribution is 2.23. The van der Waals surface area contributed by atoms with Crippen LogP contribution >= 0.6 is 11.8 Å². The van der Waals surface area contributed by atoms with Crippen LogP contribution in [-0.4, -0.2) is 36.3 Å². The lowest BCUT2D eigenvalue weighted by atomic mass is 10.1. The highest BCUT2D eigenvalue weighted by Gasteiger charge is 2.31. The van der Waals surface area contributed by atoms with Gasteiger partial charge in [0.05, 0.1) is 17.2 Å². The molecule has 9 nitrogen and oxygen atoms in total. The van der Waals surface area contributed by atoms with Crippen molar-refractivity contribution >= 4 is 39.7 Å². The highest BCUT2D eigenvalue weighted by atomic mass is 32.2. The maximum absolute atomic E-state index is 13.2. The Morgan fingerprint density at radius 1 is 1.06 bits per heavy atom. The van der Waals surface area contributed by atoms with E-state index >= 15 is 0 Å². The van der Waals surface area contributed by atoms with Crippen LogP contribution in [0.1, 0.15) is 30.9 Å². The summed E-state index contributed by atoms with van der Waals surface area (Å²) in [5.41, 5.74) is 1.13. The van der Waals surface area contributed by atoms with Crippen LogP contribution in [-0.2, 0) is 29.1 Å². The van der Waals surface area contributed by atoms with E-state index in [4.69, 9.17) is 0 Å². The van der Waals surface area contributed by atoms with Crippen LogP contribution in [0.25, 0.3) is 11.0 Å². The summed E-state index contributed by atoms with van der Waals surface area (Å²) in [6.07, 6.45) is 2.65. The molecule has 0 bridgehead atoms. The van der Waals surface area contributed by atoms with Gasteiger partial charge in [0, 0.05) is 19.2 Å². The Morgan fingerprint density at radius 3 is 2.45 bits per heavy atom. The number of rotatable bonds is 8. The van der Waals surface area contributed by atoms with Gasteiger partial charge in [-0.15, -0.1) is 0 Å². The summed E-state index contributed by atoms with van der Waals surface area (Å²) >= 11 is 0.983. The van der Waals surface area contributed by atoms with Crippen LogP contribution < -0.4 is 16.6 Å². The fraction of sp³-hybridized carbons (Fsp3) is 0.304. The maximum Gasteiger partial charge on any atom is 0.332 e. The lowest BCUT2D eigenvalue weighted by Gasteiger charge is -2.14. The zero-order valence-corrected chi connectivity index (χ0v) is 18.8. The summed E-state index contributed by atoms with van der Waals surface area (Å²) in [7, 11) is 0. The van der Waals surface area contributed by atoms with Crippen LogP contribution in [0.4, 0.5) is 4.79 Å². The molecule has 170 valence electrons. The van der Waals surface area contributed by atoms with Crippen molar-refractivity contribution in [2.24, 2.45) is 0 Å². The number of imide groups is 1. The summed E-state index contributed by atoms with van der Waals surface area (Å²) in [6.45, 7) is 1.84. The molecule has 2 amide bonds. The third-order valence-corrected chi connectivity index (χ3v) is 6.42. The maximum atomic E-state index is 13.2. The number of pyridine rings is 1. The monoisotopic (exact) mass is 466 g/mol. The SMILES string of the molecule is CC(=O)CCCn1c(=O)c2cccnc2n(Cc2ccc(CC3SC(=O)NC3=O)cc2)c1=O. The number of hydrogen-bond acceptors (Lipinski definition) is 7. The van der Waals surface area contributed by atoms with Gasteiger partial charge in [0.2, 0.25) is 5.91 Å². The molecule has 4 rings (SSSR count). The number of ketones is 1. The van der Waals surface area contributed by atoms with E-state index in [0.717, 1.165) is 27.5 Å². The van der Waals surface area contributed by atoms with Crippen molar-refractivity contribution in [1.29, 1.82) is 0 Å². The van der Waals surface area contributed by atoms with Crippen molar-refractivity contribution in [3.63, 3.8) is 0 Å². The smallest absolute Gasteiger partial charge is 0.300 e. The topological polar surface area (TPSA) is 120 Å². The summed E-state index contributed by atoms with van der Waals surface area (Å²) in [4.78, 5) is 64.7. The minimum atomic E-state index is -0.476. The van der Waals surface area contributed by atoms with Gasteiger partial charge < -0.3 is 4.79 Å². The minimum Gasteiger partial charge on any atom is -0.300 e. The molecule has 2 aromatic heterocycles. The van der Waals surface area contributed by atoms with Gasteiger partial charge in [-0.2, -0.15) is 0 Å². The van der Waals surface area contributed by atoms with Crippen molar-refractivity contribution in [3.8, 4) is 0 Å². The van der Waals surface area contributed by atoms with E-state index < -0.39 is 16.5 Å². The second-order valence-corrected chi connectivity index (χ2v) is 9.08. The highest BCUT2D eigenvalue weighted by molar-refractivity contribution is 8.15. The van der Waals surface area contributed by atoms with E-state index in [9.17, 15) is 24.0 Å². The number of aromatic nitrogens is 3. The molecule has 1 N–H and O–H groups in total. The van der Waals surface area contributed by atoms with Gasteiger partial charge in [-0.25, -0.2) is 9.78 Å². The molecule has 1 aliphatic heterocycles. The number of carbonyl (C=O) groups is 3. The van der Waals surface area contributed by atoms with Gasteiger partial charge in [0.25, 0.3) is 10.8 Å². The third-order valence-electron chi connectivity index (χ3n) is 5.44. The first-order valence-corrected chi connectivity index (χ1v) is 11.4. The zero-order valence-electron chi connectivity index (χ0n) is 17.9.